The lowest BCUT2D eigenvalue weighted by Gasteiger charge is -2.22. The number of aromatic nitrogens is 3. The number of carbonyl (C=O) groups excluding carboxylic acids is 1. The van der Waals surface area contributed by atoms with Gasteiger partial charge in [-0.25, -0.2) is 14.5 Å². The Morgan fingerprint density at radius 1 is 0.935 bits per heavy atom. The van der Waals surface area contributed by atoms with Crippen LogP contribution in [-0.2, 0) is 4.74 Å². The largest absolute Gasteiger partial charge is 0.447 e. The van der Waals surface area contributed by atoms with Crippen molar-refractivity contribution in [2.75, 3.05) is 0 Å². The van der Waals surface area contributed by atoms with Gasteiger partial charge in [0.05, 0.1) is 21.3 Å². The van der Waals surface area contributed by atoms with E-state index in [2.05, 4.69) is 10.1 Å². The number of hydrogen-bond acceptors (Lipinski definition) is 4. The van der Waals surface area contributed by atoms with Gasteiger partial charge in [-0.3, -0.25) is 0 Å². The maximum Gasteiger partial charge on any atom is 0.340 e. The second kappa shape index (κ2) is 9.60. The average Bonchev–Trinajstić information content (AvgIpc) is 3.34. The molecule has 31 heavy (non-hydrogen) atoms. The van der Waals surface area contributed by atoms with Gasteiger partial charge in [0.25, 0.3) is 0 Å². The van der Waals surface area contributed by atoms with Crippen molar-refractivity contribution in [2.45, 2.75) is 6.10 Å². The SMILES string of the molecule is O=C(OC(/C(=C\c1ccccc1)n1cncn1)c1ccccc1)c1cccc(Cl)c1Cl. The third-order valence-electron chi connectivity index (χ3n) is 4.56. The lowest BCUT2D eigenvalue weighted by Crippen LogP contribution is -2.17. The summed E-state index contributed by atoms with van der Waals surface area (Å²) in [4.78, 5) is 17.1. The van der Waals surface area contributed by atoms with E-state index in [0.717, 1.165) is 11.1 Å². The van der Waals surface area contributed by atoms with Crippen molar-refractivity contribution in [3.63, 3.8) is 0 Å². The molecule has 154 valence electrons. The molecule has 0 aliphatic carbocycles. The van der Waals surface area contributed by atoms with E-state index in [1.807, 2.05) is 66.7 Å². The highest BCUT2D eigenvalue weighted by Crippen LogP contribution is 2.33. The van der Waals surface area contributed by atoms with Crippen molar-refractivity contribution >= 4 is 40.9 Å². The molecule has 1 heterocycles. The Labute approximate surface area is 189 Å². The first-order chi connectivity index (χ1) is 15.1. The molecule has 4 aromatic rings. The topological polar surface area (TPSA) is 57.0 Å². The maximum atomic E-state index is 13.1. The van der Waals surface area contributed by atoms with Crippen LogP contribution in [0.5, 0.6) is 0 Å². The molecule has 0 saturated heterocycles. The smallest absolute Gasteiger partial charge is 0.340 e. The minimum atomic E-state index is -0.773. The predicted octanol–water partition coefficient (Wildman–Crippen LogP) is 6.18. The van der Waals surface area contributed by atoms with Crippen molar-refractivity contribution in [1.29, 1.82) is 0 Å². The van der Waals surface area contributed by atoms with Crippen molar-refractivity contribution < 1.29 is 9.53 Å². The molecular weight excluding hydrogens is 433 g/mol. The number of benzene rings is 3. The monoisotopic (exact) mass is 449 g/mol. The zero-order valence-electron chi connectivity index (χ0n) is 16.2. The number of hydrogen-bond donors (Lipinski definition) is 0. The first-order valence-corrected chi connectivity index (χ1v) is 10.2. The van der Waals surface area contributed by atoms with E-state index in [4.69, 9.17) is 27.9 Å². The summed E-state index contributed by atoms with van der Waals surface area (Å²) in [7, 11) is 0. The number of rotatable bonds is 6. The molecule has 0 radical (unpaired) electrons. The number of ether oxygens (including phenoxy) is 1. The molecule has 1 aromatic heterocycles. The summed E-state index contributed by atoms with van der Waals surface area (Å²) in [5, 5.41) is 4.70. The summed E-state index contributed by atoms with van der Waals surface area (Å²) >= 11 is 12.3. The van der Waals surface area contributed by atoms with Gasteiger partial charge >= 0.3 is 5.97 Å². The van der Waals surface area contributed by atoms with Crippen LogP contribution in [0.2, 0.25) is 10.0 Å². The zero-order chi connectivity index (χ0) is 21.6. The van der Waals surface area contributed by atoms with Gasteiger partial charge in [0.15, 0.2) is 6.10 Å². The van der Waals surface area contributed by atoms with Crippen molar-refractivity contribution in [2.24, 2.45) is 0 Å². The van der Waals surface area contributed by atoms with Gasteiger partial charge in [-0.15, -0.1) is 0 Å². The van der Waals surface area contributed by atoms with E-state index in [9.17, 15) is 4.79 Å². The zero-order valence-corrected chi connectivity index (χ0v) is 17.7. The van der Waals surface area contributed by atoms with Crippen LogP contribution in [0.15, 0.2) is 91.5 Å². The molecule has 0 aliphatic rings. The van der Waals surface area contributed by atoms with E-state index >= 15 is 0 Å². The van der Waals surface area contributed by atoms with Crippen LogP contribution in [0.4, 0.5) is 0 Å². The lowest BCUT2D eigenvalue weighted by molar-refractivity contribution is 0.0399. The van der Waals surface area contributed by atoms with Gasteiger partial charge < -0.3 is 4.74 Å². The van der Waals surface area contributed by atoms with Crippen LogP contribution >= 0.6 is 23.2 Å². The molecule has 1 atom stereocenters. The van der Waals surface area contributed by atoms with Gasteiger partial charge in [0, 0.05) is 0 Å². The average molecular weight is 450 g/mol. The van der Waals surface area contributed by atoms with Crippen LogP contribution in [-0.4, -0.2) is 20.7 Å². The Morgan fingerprint density at radius 3 is 2.32 bits per heavy atom. The molecule has 4 rings (SSSR count). The second-order valence-electron chi connectivity index (χ2n) is 6.62. The Morgan fingerprint density at radius 2 is 1.65 bits per heavy atom. The highest BCUT2D eigenvalue weighted by atomic mass is 35.5. The fourth-order valence-corrected chi connectivity index (χ4v) is 3.46. The van der Waals surface area contributed by atoms with Gasteiger partial charge in [-0.05, 0) is 29.3 Å². The molecule has 5 nitrogen and oxygen atoms in total. The molecule has 0 saturated carbocycles. The van der Waals surface area contributed by atoms with Crippen molar-refractivity contribution in [1.82, 2.24) is 14.8 Å². The Kier molecular flexibility index (Phi) is 6.46. The van der Waals surface area contributed by atoms with Gasteiger partial charge in [-0.1, -0.05) is 89.9 Å². The van der Waals surface area contributed by atoms with Crippen LogP contribution < -0.4 is 0 Å². The van der Waals surface area contributed by atoms with E-state index in [1.165, 1.54) is 6.33 Å². The van der Waals surface area contributed by atoms with Crippen LogP contribution in [0.1, 0.15) is 27.6 Å². The standard InChI is InChI=1S/C24H17Cl2N3O2/c25-20-13-7-12-19(22(20)26)24(30)31-23(18-10-5-2-6-11-18)21(29-16-27-15-28-29)14-17-8-3-1-4-9-17/h1-16,23H/b21-14+. The van der Waals surface area contributed by atoms with Crippen LogP contribution in [0.25, 0.3) is 11.8 Å². The molecule has 0 amide bonds. The third kappa shape index (κ3) is 4.85. The lowest BCUT2D eigenvalue weighted by atomic mass is 10.0. The van der Waals surface area contributed by atoms with E-state index in [-0.39, 0.29) is 15.6 Å². The number of halogens is 2. The molecular formula is C24H17Cl2N3O2. The van der Waals surface area contributed by atoms with Gasteiger partial charge in [0.1, 0.15) is 12.7 Å². The number of nitrogens with zero attached hydrogens (tertiary/aromatic N) is 3. The normalized spacial score (nSPS) is 12.4. The summed E-state index contributed by atoms with van der Waals surface area (Å²) in [6.45, 7) is 0. The summed E-state index contributed by atoms with van der Waals surface area (Å²) < 4.78 is 7.56. The second-order valence-corrected chi connectivity index (χ2v) is 7.40. The first-order valence-electron chi connectivity index (χ1n) is 9.45. The van der Waals surface area contributed by atoms with Gasteiger partial charge in [0.2, 0.25) is 0 Å². The minimum Gasteiger partial charge on any atom is -0.447 e. The predicted molar refractivity (Wildman–Crippen MR) is 122 cm³/mol. The quantitative estimate of drug-likeness (QED) is 0.329. The fourth-order valence-electron chi connectivity index (χ4n) is 3.08. The number of carbonyl (C=O) groups is 1. The molecule has 7 heteroatoms. The fraction of sp³-hybridized carbons (Fsp3) is 0.0417. The maximum absolute atomic E-state index is 13.1. The highest BCUT2D eigenvalue weighted by Gasteiger charge is 2.26. The molecule has 0 aliphatic heterocycles. The third-order valence-corrected chi connectivity index (χ3v) is 5.38. The molecule has 0 spiro atoms. The van der Waals surface area contributed by atoms with E-state index in [0.29, 0.717) is 5.70 Å². The van der Waals surface area contributed by atoms with E-state index in [1.54, 1.807) is 29.2 Å². The molecule has 0 fully saturated rings. The van der Waals surface area contributed by atoms with Crippen molar-refractivity contribution in [3.05, 3.63) is 118 Å². The van der Waals surface area contributed by atoms with Crippen LogP contribution in [0.3, 0.4) is 0 Å². The summed E-state index contributed by atoms with van der Waals surface area (Å²) in [6, 6.07) is 24.0. The summed E-state index contributed by atoms with van der Waals surface area (Å²) in [6.07, 6.45) is 4.12. The molecule has 3 aromatic carbocycles. The Bertz CT molecular complexity index is 1190. The Hall–Kier alpha value is -3.41. The van der Waals surface area contributed by atoms with Crippen molar-refractivity contribution in [3.8, 4) is 0 Å². The molecule has 1 unspecified atom stereocenters. The highest BCUT2D eigenvalue weighted by molar-refractivity contribution is 6.43. The number of esters is 1. The summed E-state index contributed by atoms with van der Waals surface area (Å²) in [5.74, 6) is -0.597. The van der Waals surface area contributed by atoms with Gasteiger partial charge in [-0.2, -0.15) is 5.10 Å². The molecule has 0 N–H and O–H groups in total. The summed E-state index contributed by atoms with van der Waals surface area (Å²) in [5.41, 5.74) is 2.49. The van der Waals surface area contributed by atoms with E-state index < -0.39 is 12.1 Å². The minimum absolute atomic E-state index is 0.148. The Balaban J connectivity index is 1.80. The molecule has 0 bridgehead atoms. The first kappa shape index (κ1) is 20.8. The van der Waals surface area contributed by atoms with Crippen LogP contribution in [0, 0.1) is 0 Å².